The lowest BCUT2D eigenvalue weighted by atomic mass is 10.5. The summed E-state index contributed by atoms with van der Waals surface area (Å²) in [6.07, 6.45) is 0. The quantitative estimate of drug-likeness (QED) is 0.368. The molecule has 0 aromatic carbocycles. The van der Waals surface area contributed by atoms with Crippen LogP contribution in [0.2, 0.25) is 0 Å². The van der Waals surface area contributed by atoms with E-state index in [4.69, 9.17) is 10.3 Å². The van der Waals surface area contributed by atoms with E-state index in [0.29, 0.717) is 10.8 Å². The first kappa shape index (κ1) is 6.92. The maximum atomic E-state index is 8.07. The second-order valence-electron chi connectivity index (χ2n) is 1.49. The molecular formula is C5H5N3OS. The van der Waals surface area contributed by atoms with Gasteiger partial charge in [-0.1, -0.05) is 5.11 Å². The van der Waals surface area contributed by atoms with Crippen LogP contribution in [0.4, 0.5) is 5.69 Å². The third kappa shape index (κ3) is 1.21. The molecule has 0 saturated heterocycles. The van der Waals surface area contributed by atoms with Crippen LogP contribution in [-0.4, -0.2) is 7.11 Å². The number of hydrogen-bond acceptors (Lipinski definition) is 3. The van der Waals surface area contributed by atoms with E-state index in [-0.39, 0.29) is 0 Å². The lowest BCUT2D eigenvalue weighted by Gasteiger charge is -1.92. The summed E-state index contributed by atoms with van der Waals surface area (Å²) < 4.78 is 4.89. The molecule has 4 nitrogen and oxygen atoms in total. The van der Waals surface area contributed by atoms with E-state index in [1.54, 1.807) is 13.2 Å². The molecule has 0 bridgehead atoms. The van der Waals surface area contributed by atoms with Gasteiger partial charge in [-0.05, 0) is 17.0 Å². The first-order valence-electron chi connectivity index (χ1n) is 2.55. The molecular weight excluding hydrogens is 150 g/mol. The average molecular weight is 155 g/mol. The number of methoxy groups -OCH3 is 1. The molecule has 52 valence electrons. The van der Waals surface area contributed by atoms with Gasteiger partial charge in [-0.3, -0.25) is 0 Å². The fraction of sp³-hybridized carbons (Fsp3) is 0.200. The van der Waals surface area contributed by atoms with Gasteiger partial charge < -0.3 is 4.74 Å². The topological polar surface area (TPSA) is 58.0 Å². The van der Waals surface area contributed by atoms with Crippen LogP contribution in [0.1, 0.15) is 0 Å². The molecule has 0 aliphatic rings. The van der Waals surface area contributed by atoms with E-state index in [9.17, 15) is 0 Å². The highest BCUT2D eigenvalue weighted by molar-refractivity contribution is 7.12. The summed E-state index contributed by atoms with van der Waals surface area (Å²) in [5.41, 5.74) is 8.62. The largest absolute Gasteiger partial charge is 0.487 e. The van der Waals surface area contributed by atoms with Gasteiger partial charge in [-0.2, -0.15) is 0 Å². The second-order valence-corrected chi connectivity index (χ2v) is 2.37. The molecule has 10 heavy (non-hydrogen) atoms. The zero-order chi connectivity index (χ0) is 7.40. The van der Waals surface area contributed by atoms with E-state index in [1.165, 1.54) is 11.3 Å². The fourth-order valence-corrected chi connectivity index (χ4v) is 1.21. The van der Waals surface area contributed by atoms with E-state index in [1.807, 2.05) is 5.38 Å². The van der Waals surface area contributed by atoms with E-state index < -0.39 is 0 Å². The van der Waals surface area contributed by atoms with Gasteiger partial charge in [0.15, 0.2) is 5.06 Å². The molecule has 0 fully saturated rings. The van der Waals surface area contributed by atoms with Crippen molar-refractivity contribution >= 4 is 17.0 Å². The molecule has 0 aliphatic carbocycles. The molecule has 0 radical (unpaired) electrons. The molecule has 1 rings (SSSR count). The predicted molar refractivity (Wildman–Crippen MR) is 39.7 cm³/mol. The number of hydrogen-bond donors (Lipinski definition) is 0. The van der Waals surface area contributed by atoms with Gasteiger partial charge in [0, 0.05) is 4.91 Å². The monoisotopic (exact) mass is 155 g/mol. The van der Waals surface area contributed by atoms with Gasteiger partial charge in [0.2, 0.25) is 0 Å². The molecule has 1 heterocycles. The lowest BCUT2D eigenvalue weighted by molar-refractivity contribution is 0.428. The third-order valence-corrected chi connectivity index (χ3v) is 1.81. The van der Waals surface area contributed by atoms with Crippen LogP contribution in [0.15, 0.2) is 16.6 Å². The van der Waals surface area contributed by atoms with Crippen LogP contribution in [0.25, 0.3) is 10.4 Å². The molecule has 0 spiro atoms. The van der Waals surface area contributed by atoms with Gasteiger partial charge in [0.1, 0.15) is 0 Å². The number of nitrogens with zero attached hydrogens (tertiary/aromatic N) is 3. The van der Waals surface area contributed by atoms with E-state index >= 15 is 0 Å². The number of ether oxygens (including phenoxy) is 1. The summed E-state index contributed by atoms with van der Waals surface area (Å²) in [4.78, 5) is 2.64. The van der Waals surface area contributed by atoms with Gasteiger partial charge in [-0.25, -0.2) is 0 Å². The third-order valence-electron chi connectivity index (χ3n) is 0.948. The zero-order valence-electron chi connectivity index (χ0n) is 5.31. The second kappa shape index (κ2) is 3.10. The van der Waals surface area contributed by atoms with Crippen LogP contribution in [-0.2, 0) is 0 Å². The lowest BCUT2D eigenvalue weighted by Crippen LogP contribution is -1.75. The van der Waals surface area contributed by atoms with Crippen molar-refractivity contribution in [3.63, 3.8) is 0 Å². The average Bonchev–Trinajstić information content (AvgIpc) is 2.36. The molecule has 0 N–H and O–H groups in total. The van der Waals surface area contributed by atoms with Crippen LogP contribution >= 0.6 is 11.3 Å². The minimum absolute atomic E-state index is 0.551. The minimum Gasteiger partial charge on any atom is -0.487 e. The number of rotatable bonds is 2. The molecule has 0 saturated carbocycles. The highest BCUT2D eigenvalue weighted by Crippen LogP contribution is 2.33. The van der Waals surface area contributed by atoms with Crippen LogP contribution < -0.4 is 4.74 Å². The van der Waals surface area contributed by atoms with Gasteiger partial charge in [0.05, 0.1) is 12.8 Å². The van der Waals surface area contributed by atoms with Crippen molar-refractivity contribution in [2.75, 3.05) is 7.11 Å². The smallest absolute Gasteiger partial charge is 0.183 e. The molecule has 0 aliphatic heterocycles. The number of thiophene rings is 1. The summed E-state index contributed by atoms with van der Waals surface area (Å²) in [5.74, 6) is 0. The van der Waals surface area contributed by atoms with Crippen molar-refractivity contribution in [3.8, 4) is 5.06 Å². The summed E-state index contributed by atoms with van der Waals surface area (Å²) in [7, 11) is 1.54. The molecule has 0 atom stereocenters. The highest BCUT2D eigenvalue weighted by Gasteiger charge is 1.98. The summed E-state index contributed by atoms with van der Waals surface area (Å²) >= 11 is 1.40. The van der Waals surface area contributed by atoms with Gasteiger partial charge >= 0.3 is 0 Å². The number of azide groups is 1. The Morgan fingerprint density at radius 2 is 2.60 bits per heavy atom. The van der Waals surface area contributed by atoms with Gasteiger partial charge in [0.25, 0.3) is 0 Å². The van der Waals surface area contributed by atoms with Crippen molar-refractivity contribution in [3.05, 3.63) is 21.9 Å². The summed E-state index contributed by atoms with van der Waals surface area (Å²) in [6.45, 7) is 0. The van der Waals surface area contributed by atoms with Crippen molar-refractivity contribution in [1.82, 2.24) is 0 Å². The molecule has 1 aromatic heterocycles. The van der Waals surface area contributed by atoms with Gasteiger partial charge in [-0.15, -0.1) is 11.3 Å². The Labute approximate surface area is 61.7 Å². The predicted octanol–water partition coefficient (Wildman–Crippen LogP) is 2.70. The SMILES string of the molecule is COc1sccc1N=[N+]=[N-]. The van der Waals surface area contributed by atoms with Crippen LogP contribution in [0, 0.1) is 0 Å². The van der Waals surface area contributed by atoms with E-state index in [0.717, 1.165) is 0 Å². The Kier molecular flexibility index (Phi) is 2.15. The highest BCUT2D eigenvalue weighted by atomic mass is 32.1. The first-order chi connectivity index (χ1) is 4.88. The van der Waals surface area contributed by atoms with Crippen LogP contribution in [0.5, 0.6) is 5.06 Å². The standard InChI is InChI=1S/C5H5N3OS/c1-9-5-4(7-8-6)2-3-10-5/h2-3H,1H3. The Bertz CT molecular complexity index is 264. The Balaban J connectivity index is 3.00. The van der Waals surface area contributed by atoms with Crippen molar-refractivity contribution < 1.29 is 4.74 Å². The molecule has 0 unspecified atom stereocenters. The Hall–Kier alpha value is -1.19. The summed E-state index contributed by atoms with van der Waals surface area (Å²) in [6, 6.07) is 1.71. The minimum atomic E-state index is 0.551. The zero-order valence-corrected chi connectivity index (χ0v) is 6.13. The van der Waals surface area contributed by atoms with Crippen molar-refractivity contribution in [1.29, 1.82) is 0 Å². The fourth-order valence-electron chi connectivity index (χ4n) is 0.564. The normalized spacial score (nSPS) is 8.50. The maximum absolute atomic E-state index is 8.07. The molecule has 1 aromatic rings. The maximum Gasteiger partial charge on any atom is 0.183 e. The molecule has 0 amide bonds. The van der Waals surface area contributed by atoms with Crippen LogP contribution in [0.3, 0.4) is 0 Å². The van der Waals surface area contributed by atoms with E-state index in [2.05, 4.69) is 10.0 Å². The first-order valence-corrected chi connectivity index (χ1v) is 3.43. The van der Waals surface area contributed by atoms with Crippen molar-refractivity contribution in [2.45, 2.75) is 0 Å². The van der Waals surface area contributed by atoms with Crippen molar-refractivity contribution in [2.24, 2.45) is 5.11 Å². The summed E-state index contributed by atoms with van der Waals surface area (Å²) in [5, 5.41) is 5.86. The molecule has 5 heteroatoms. The Morgan fingerprint density at radius 3 is 3.20 bits per heavy atom. The Morgan fingerprint density at radius 1 is 1.80 bits per heavy atom.